The average molecular weight is 373 g/mol. The van der Waals surface area contributed by atoms with Gasteiger partial charge < -0.3 is 0 Å². The molecule has 0 bridgehead atoms. The number of Topliss-reactive ketones (excluding diaryl/α,β-unsaturated/α-hetero) is 1. The van der Waals surface area contributed by atoms with Gasteiger partial charge in [0.25, 0.3) is 0 Å². The predicted octanol–water partition coefficient (Wildman–Crippen LogP) is 3.83. The smallest absolute Gasteiger partial charge is 0.178 e. The number of allylic oxidation sites excluding steroid dienone is 1. The summed E-state index contributed by atoms with van der Waals surface area (Å²) in [6, 6.07) is 11.7. The number of benzene rings is 1. The molecule has 0 atom stereocenters. The van der Waals surface area contributed by atoms with Gasteiger partial charge in [0.05, 0.1) is 16.3 Å². The Morgan fingerprint density at radius 2 is 1.69 bits per heavy atom. The van der Waals surface area contributed by atoms with Crippen LogP contribution in [0.3, 0.4) is 0 Å². The van der Waals surface area contributed by atoms with Crippen LogP contribution in [-0.4, -0.2) is 37.1 Å². The summed E-state index contributed by atoms with van der Waals surface area (Å²) in [7, 11) is -2.53. The third-order valence-corrected chi connectivity index (χ3v) is 5.33. The van der Waals surface area contributed by atoms with Crippen LogP contribution in [0.2, 0.25) is 0 Å². The molecule has 0 aliphatic carbocycles. The summed E-state index contributed by atoms with van der Waals surface area (Å²) >= 11 is 0. The van der Waals surface area contributed by atoms with Gasteiger partial charge in [-0.1, -0.05) is 51.1 Å². The first-order valence-electron chi connectivity index (χ1n) is 8.58. The lowest BCUT2D eigenvalue weighted by Crippen LogP contribution is -2.35. The van der Waals surface area contributed by atoms with Crippen LogP contribution < -0.4 is 0 Å². The fourth-order valence-corrected chi connectivity index (χ4v) is 4.14. The minimum absolute atomic E-state index is 0.123. The summed E-state index contributed by atoms with van der Waals surface area (Å²) < 4.78 is 14.9. The van der Waals surface area contributed by atoms with Crippen LogP contribution >= 0.6 is 0 Å². The first kappa shape index (κ1) is 20.2. The number of carbonyl (C=O) groups is 1. The lowest BCUT2D eigenvalue weighted by Gasteiger charge is -2.23. The fraction of sp³-hybridized carbons (Fsp3) is 0.381. The zero-order chi connectivity index (χ0) is 19.7. The number of hydrogen-bond donors (Lipinski definition) is 0. The molecule has 2 rings (SSSR count). The van der Waals surface area contributed by atoms with Crippen LogP contribution in [0.25, 0.3) is 11.8 Å². The van der Waals surface area contributed by atoms with Crippen molar-refractivity contribution >= 4 is 31.9 Å². The lowest BCUT2D eigenvalue weighted by atomic mass is 9.88. The molecule has 0 aliphatic heterocycles. The first-order chi connectivity index (χ1) is 11.9. The Kier molecular flexibility index (Phi) is 5.61. The van der Waals surface area contributed by atoms with E-state index in [2.05, 4.69) is 5.10 Å². The Morgan fingerprint density at radius 1 is 1.12 bits per heavy atom. The van der Waals surface area contributed by atoms with Crippen LogP contribution in [0.5, 0.6) is 0 Å². The molecule has 0 fully saturated rings. The zero-order valence-electron chi connectivity index (χ0n) is 16.7. The highest BCUT2D eigenvalue weighted by atomic mass is 32.2. The molecule has 26 heavy (non-hydrogen) atoms. The van der Waals surface area contributed by atoms with Crippen LogP contribution in [0.1, 0.15) is 37.7 Å². The highest BCUT2D eigenvalue weighted by Gasteiger charge is 2.32. The third-order valence-electron chi connectivity index (χ3n) is 3.95. The Balaban J connectivity index is 2.87. The van der Waals surface area contributed by atoms with Crippen molar-refractivity contribution < 1.29 is 9.00 Å². The monoisotopic (exact) mass is 372 g/mol. The summed E-state index contributed by atoms with van der Waals surface area (Å²) in [5.74, 6) is -0.123. The van der Waals surface area contributed by atoms with Crippen molar-refractivity contribution in [3.63, 3.8) is 0 Å². The van der Waals surface area contributed by atoms with Gasteiger partial charge in [-0.05, 0) is 41.1 Å². The van der Waals surface area contributed by atoms with E-state index >= 15 is 0 Å². The normalized spacial score (nSPS) is 13.0. The zero-order valence-corrected chi connectivity index (χ0v) is 17.5. The number of hydrogen-bond acceptors (Lipinski definition) is 3. The molecule has 1 aromatic carbocycles. The van der Waals surface area contributed by atoms with Crippen molar-refractivity contribution in [2.75, 3.05) is 12.5 Å². The van der Waals surface area contributed by atoms with Gasteiger partial charge in [0.1, 0.15) is 0 Å². The number of ketones is 1. The Morgan fingerprint density at radius 3 is 2.12 bits per heavy atom. The highest BCUT2D eigenvalue weighted by molar-refractivity contribution is 8.03. The van der Waals surface area contributed by atoms with Gasteiger partial charge in [0.2, 0.25) is 0 Å². The molecule has 2 aromatic rings. The molecule has 0 amide bonds. The van der Waals surface area contributed by atoms with Crippen molar-refractivity contribution in [1.82, 2.24) is 9.78 Å². The number of rotatable bonds is 4. The molecular weight excluding hydrogens is 344 g/mol. The first-order valence-corrected chi connectivity index (χ1v) is 11.0. The van der Waals surface area contributed by atoms with Gasteiger partial charge in [-0.2, -0.15) is 5.10 Å². The molecule has 0 radical (unpaired) electrons. The van der Waals surface area contributed by atoms with E-state index in [4.69, 9.17) is 0 Å². The summed E-state index contributed by atoms with van der Waals surface area (Å²) in [5.41, 5.74) is 2.61. The molecule has 0 aliphatic rings. The van der Waals surface area contributed by atoms with Crippen LogP contribution in [0.15, 0.2) is 36.4 Å². The number of aryl methyl sites for hydroxylation is 2. The van der Waals surface area contributed by atoms with E-state index in [-0.39, 0.29) is 5.78 Å². The SMILES string of the molecule is Cc1cc(C)n(/C(=C/c2ccccc2)C(C(=O)C(C)(C)C)=S(C)(C)=O)n1. The van der Waals surface area contributed by atoms with Gasteiger partial charge in [0.15, 0.2) is 5.78 Å². The van der Waals surface area contributed by atoms with Gasteiger partial charge in [-0.25, -0.2) is 4.68 Å². The van der Waals surface area contributed by atoms with Crippen molar-refractivity contribution in [3.05, 3.63) is 53.3 Å². The van der Waals surface area contributed by atoms with Crippen LogP contribution in [0, 0.1) is 19.3 Å². The van der Waals surface area contributed by atoms with E-state index in [0.29, 0.717) is 10.6 Å². The lowest BCUT2D eigenvalue weighted by molar-refractivity contribution is -0.119. The standard InChI is InChI=1S/C21H28N2O2S/c1-15-13-16(2)23(22-15)18(14-17-11-9-8-10-12-17)19(26(6,7)25)20(24)21(3,4)5/h8-14H,1-7H3/b18-14+. The van der Waals surface area contributed by atoms with Crippen molar-refractivity contribution in [1.29, 1.82) is 0 Å². The Hall–Kier alpha value is -2.14. The minimum Gasteiger partial charge on any atom is -0.293 e. The number of nitrogens with zero attached hydrogens (tertiary/aromatic N) is 2. The molecule has 0 saturated heterocycles. The Bertz CT molecular complexity index is 959. The molecule has 4 nitrogen and oxygen atoms in total. The molecular formula is C21H28N2O2S. The quantitative estimate of drug-likeness (QED) is 0.605. The van der Waals surface area contributed by atoms with Crippen molar-refractivity contribution in [2.45, 2.75) is 34.6 Å². The highest BCUT2D eigenvalue weighted by Crippen LogP contribution is 2.24. The molecule has 0 N–H and O–H groups in total. The predicted molar refractivity (Wildman–Crippen MR) is 112 cm³/mol. The minimum atomic E-state index is -2.53. The molecule has 0 unspecified atom stereocenters. The molecule has 1 heterocycles. The molecule has 5 heteroatoms. The van der Waals surface area contributed by atoms with E-state index in [1.165, 1.54) is 0 Å². The molecule has 0 spiro atoms. The van der Waals surface area contributed by atoms with E-state index in [9.17, 15) is 9.00 Å². The third kappa shape index (κ3) is 4.52. The average Bonchev–Trinajstić information content (AvgIpc) is 2.83. The fourth-order valence-electron chi connectivity index (χ4n) is 2.73. The van der Waals surface area contributed by atoms with Gasteiger partial charge in [-0.3, -0.25) is 9.00 Å². The topological polar surface area (TPSA) is 52.0 Å². The summed E-state index contributed by atoms with van der Waals surface area (Å²) in [5, 5.41) is 4.56. The largest absolute Gasteiger partial charge is 0.293 e. The second kappa shape index (κ2) is 7.23. The molecule has 1 aromatic heterocycles. The summed E-state index contributed by atoms with van der Waals surface area (Å²) in [4.78, 5) is 13.6. The van der Waals surface area contributed by atoms with E-state index in [0.717, 1.165) is 17.0 Å². The van der Waals surface area contributed by atoms with Crippen LogP contribution in [0.4, 0.5) is 0 Å². The van der Waals surface area contributed by atoms with E-state index in [1.807, 2.05) is 77.1 Å². The summed E-state index contributed by atoms with van der Waals surface area (Å²) in [6.45, 7) is 9.39. The van der Waals surface area contributed by atoms with Crippen molar-refractivity contribution in [3.8, 4) is 0 Å². The number of carbonyl (C=O) groups excluding carboxylic acids is 1. The second-order valence-electron chi connectivity index (χ2n) is 7.92. The Labute approximate surface area is 156 Å². The molecule has 0 saturated carbocycles. The number of aromatic nitrogens is 2. The van der Waals surface area contributed by atoms with Crippen LogP contribution in [-0.2, 0) is 14.3 Å². The van der Waals surface area contributed by atoms with Gasteiger partial charge in [0, 0.05) is 23.6 Å². The maximum Gasteiger partial charge on any atom is 0.178 e. The van der Waals surface area contributed by atoms with Gasteiger partial charge >= 0.3 is 0 Å². The van der Waals surface area contributed by atoms with E-state index in [1.54, 1.807) is 17.2 Å². The van der Waals surface area contributed by atoms with Crippen molar-refractivity contribution in [2.24, 2.45) is 5.41 Å². The maximum atomic E-state index is 13.2. The maximum absolute atomic E-state index is 13.2. The second-order valence-corrected chi connectivity index (χ2v) is 10.8. The molecule has 140 valence electrons. The van der Waals surface area contributed by atoms with E-state index < -0.39 is 14.9 Å². The summed E-state index contributed by atoms with van der Waals surface area (Å²) in [6.07, 6.45) is 5.14. The van der Waals surface area contributed by atoms with Gasteiger partial charge in [-0.15, -0.1) is 0 Å².